The number of aromatic nitrogens is 1. The topological polar surface area (TPSA) is 142 Å². The van der Waals surface area contributed by atoms with Crippen LogP contribution in [-0.2, 0) is 24.6 Å². The van der Waals surface area contributed by atoms with E-state index >= 15 is 4.79 Å². The number of carbonyl (C=O) groups excluding carboxylic acids is 4. The molecule has 5 aromatic carbocycles. The zero-order chi connectivity index (χ0) is 39.9. The number of hydrazine groups is 1. The number of amides is 4. The van der Waals surface area contributed by atoms with Gasteiger partial charge in [0.15, 0.2) is 5.58 Å². The highest BCUT2D eigenvalue weighted by atomic mass is 16.5. The number of anilines is 2. The molecule has 2 saturated heterocycles. The molecule has 10 rings (SSSR count). The van der Waals surface area contributed by atoms with Crippen molar-refractivity contribution in [2.45, 2.75) is 31.1 Å². The molecule has 0 radical (unpaired) electrons. The van der Waals surface area contributed by atoms with Gasteiger partial charge in [-0.25, -0.2) is 4.98 Å². The van der Waals surface area contributed by atoms with Crippen LogP contribution in [0.3, 0.4) is 0 Å². The van der Waals surface area contributed by atoms with E-state index in [0.717, 1.165) is 16.1 Å². The lowest BCUT2D eigenvalue weighted by molar-refractivity contribution is -0.138. The Hall–Kier alpha value is -7.01. The van der Waals surface area contributed by atoms with Gasteiger partial charge in [-0.15, -0.1) is 0 Å². The molecule has 6 unspecified atom stereocenters. The molecule has 288 valence electrons. The lowest BCUT2D eigenvalue weighted by atomic mass is 9.49. The van der Waals surface area contributed by atoms with Crippen molar-refractivity contribution in [1.82, 2.24) is 9.99 Å². The number of hydrogen-bond acceptors (Lipinski definition) is 9. The van der Waals surface area contributed by atoms with Gasteiger partial charge in [-0.1, -0.05) is 77.9 Å². The van der Waals surface area contributed by atoms with Gasteiger partial charge >= 0.3 is 0 Å². The Bertz CT molecular complexity index is 2660. The van der Waals surface area contributed by atoms with E-state index in [9.17, 15) is 19.5 Å². The summed E-state index contributed by atoms with van der Waals surface area (Å²) in [7, 11) is 1.50. The van der Waals surface area contributed by atoms with Gasteiger partial charge in [-0.05, 0) is 91.9 Å². The van der Waals surface area contributed by atoms with Gasteiger partial charge in [0.2, 0.25) is 17.7 Å². The van der Waals surface area contributed by atoms with Gasteiger partial charge in [-0.3, -0.25) is 29.5 Å². The van der Waals surface area contributed by atoms with E-state index in [1.54, 1.807) is 54.6 Å². The summed E-state index contributed by atoms with van der Waals surface area (Å²) in [5.41, 5.74) is 7.26. The molecule has 2 aliphatic heterocycles. The Morgan fingerprint density at radius 2 is 1.55 bits per heavy atom. The number of nitrogens with one attached hydrogen (secondary N) is 1. The standard InChI is InChI=1S/C47H38N4O7/c1-26-15-19-29(20-16-26)49-51-44(54)34-25-33-31(41(40-36(52)12-8-14-38(40)57-2)47(34,46(51)56)28-9-4-3-5-10-28)23-24-32-39(33)45(55)50(43(32)53)30-21-17-27(18-22-30)42-48-35-11-6-7-13-37(35)58-42/h3-23,32-34,39,41,49,52H,24-25H2,1-2H3. The number of benzene rings is 5. The number of ether oxygens (including phenoxy) is 1. The summed E-state index contributed by atoms with van der Waals surface area (Å²) >= 11 is 0. The molecule has 6 aromatic rings. The third-order valence-corrected chi connectivity index (χ3v) is 12.6. The molecule has 58 heavy (non-hydrogen) atoms. The monoisotopic (exact) mass is 770 g/mol. The first kappa shape index (κ1) is 35.4. The molecule has 0 spiro atoms. The molecule has 2 N–H and O–H groups in total. The molecule has 11 nitrogen and oxygen atoms in total. The Labute approximate surface area is 333 Å². The number of aromatic hydroxyl groups is 1. The van der Waals surface area contributed by atoms with Crippen LogP contribution in [0.5, 0.6) is 11.5 Å². The lowest BCUT2D eigenvalue weighted by Crippen LogP contribution is -2.53. The number of rotatable bonds is 7. The van der Waals surface area contributed by atoms with Gasteiger partial charge in [0.05, 0.1) is 41.7 Å². The second kappa shape index (κ2) is 13.3. The number of carbonyl (C=O) groups is 4. The zero-order valence-electron chi connectivity index (χ0n) is 31.7. The first-order chi connectivity index (χ1) is 28.2. The van der Waals surface area contributed by atoms with Crippen LogP contribution < -0.4 is 15.1 Å². The predicted octanol–water partition coefficient (Wildman–Crippen LogP) is 7.71. The number of imide groups is 2. The van der Waals surface area contributed by atoms with Crippen molar-refractivity contribution < 1.29 is 33.4 Å². The Morgan fingerprint density at radius 1 is 0.810 bits per heavy atom. The quantitative estimate of drug-likeness (QED) is 0.123. The molecule has 0 bridgehead atoms. The third kappa shape index (κ3) is 5.08. The number of methoxy groups -OCH3 is 1. The average Bonchev–Trinajstić information content (AvgIpc) is 3.86. The van der Waals surface area contributed by atoms with E-state index in [2.05, 4.69) is 10.4 Å². The highest BCUT2D eigenvalue weighted by molar-refractivity contribution is 6.22. The highest BCUT2D eigenvalue weighted by Gasteiger charge is 2.71. The largest absolute Gasteiger partial charge is 0.508 e. The first-order valence-corrected chi connectivity index (χ1v) is 19.4. The summed E-state index contributed by atoms with van der Waals surface area (Å²) in [6, 6.07) is 36.0. The Kier molecular flexibility index (Phi) is 8.12. The van der Waals surface area contributed by atoms with Crippen LogP contribution in [0.15, 0.2) is 137 Å². The summed E-state index contributed by atoms with van der Waals surface area (Å²) in [5, 5.41) is 12.9. The maximum Gasteiger partial charge on any atom is 0.260 e. The molecule has 3 heterocycles. The smallest absolute Gasteiger partial charge is 0.260 e. The van der Waals surface area contributed by atoms with Crippen molar-refractivity contribution in [3.8, 4) is 23.0 Å². The SMILES string of the molecule is COc1cccc(O)c1C1C2=CCC3C(=O)N(c4ccc(-c5nc6ccccc6o5)cc4)C(=O)C3C2CC2C(=O)N(Nc3ccc(C)cc3)C(=O)C21c1ccccc1. The minimum absolute atomic E-state index is 0.109. The van der Waals surface area contributed by atoms with Gasteiger partial charge in [0, 0.05) is 17.0 Å². The van der Waals surface area contributed by atoms with Crippen molar-refractivity contribution in [1.29, 1.82) is 0 Å². The van der Waals surface area contributed by atoms with Crippen molar-refractivity contribution in [2.24, 2.45) is 23.7 Å². The van der Waals surface area contributed by atoms with Crippen LogP contribution >= 0.6 is 0 Å². The molecule has 6 atom stereocenters. The number of aryl methyl sites for hydroxylation is 1. The van der Waals surface area contributed by atoms with E-state index < -0.39 is 46.8 Å². The number of fused-ring (bicyclic) bond motifs is 5. The number of nitrogens with zero attached hydrogens (tertiary/aromatic N) is 3. The maximum absolute atomic E-state index is 15.4. The van der Waals surface area contributed by atoms with Crippen molar-refractivity contribution in [3.63, 3.8) is 0 Å². The van der Waals surface area contributed by atoms with Gasteiger partial charge < -0.3 is 14.3 Å². The van der Waals surface area contributed by atoms with Gasteiger partial charge in [0.25, 0.3) is 11.8 Å². The summed E-state index contributed by atoms with van der Waals surface area (Å²) in [6.45, 7) is 1.95. The molecule has 3 fully saturated rings. The van der Waals surface area contributed by atoms with Crippen LogP contribution in [0.25, 0.3) is 22.6 Å². The van der Waals surface area contributed by atoms with Crippen molar-refractivity contribution in [3.05, 3.63) is 150 Å². The lowest BCUT2D eigenvalue weighted by Gasteiger charge is -2.50. The number of allylic oxidation sites excluding steroid dienone is 2. The average molecular weight is 771 g/mol. The predicted molar refractivity (Wildman–Crippen MR) is 215 cm³/mol. The number of oxazole rings is 1. The summed E-state index contributed by atoms with van der Waals surface area (Å²) < 4.78 is 11.8. The minimum atomic E-state index is -1.55. The molecule has 4 amide bonds. The molecular weight excluding hydrogens is 733 g/mol. The van der Waals surface area contributed by atoms with Crippen LogP contribution in [0.2, 0.25) is 0 Å². The van der Waals surface area contributed by atoms with Gasteiger partial charge in [0.1, 0.15) is 17.0 Å². The fraction of sp³-hybridized carbons (Fsp3) is 0.213. The minimum Gasteiger partial charge on any atom is -0.508 e. The van der Waals surface area contributed by atoms with Gasteiger partial charge in [-0.2, -0.15) is 5.01 Å². The van der Waals surface area contributed by atoms with Crippen molar-refractivity contribution in [2.75, 3.05) is 17.4 Å². The maximum atomic E-state index is 15.4. The van der Waals surface area contributed by atoms with E-state index in [0.29, 0.717) is 50.9 Å². The van der Waals surface area contributed by atoms with Crippen LogP contribution in [0, 0.1) is 30.6 Å². The van der Waals surface area contributed by atoms with Crippen LogP contribution in [0.4, 0.5) is 11.4 Å². The highest BCUT2D eigenvalue weighted by Crippen LogP contribution is 2.66. The van der Waals surface area contributed by atoms with E-state index in [-0.39, 0.29) is 30.4 Å². The third-order valence-electron chi connectivity index (χ3n) is 12.6. The molecule has 1 aromatic heterocycles. The van der Waals surface area contributed by atoms with E-state index in [1.165, 1.54) is 12.0 Å². The number of phenolic OH excluding ortho intramolecular Hbond substituents is 1. The zero-order valence-corrected chi connectivity index (χ0v) is 31.7. The molecule has 1 saturated carbocycles. The molecule has 4 aliphatic rings. The summed E-state index contributed by atoms with van der Waals surface area (Å²) in [5.74, 6) is -5.05. The summed E-state index contributed by atoms with van der Waals surface area (Å²) in [4.78, 5) is 65.4. The van der Waals surface area contributed by atoms with Crippen molar-refractivity contribution >= 4 is 46.1 Å². The Morgan fingerprint density at radius 3 is 2.29 bits per heavy atom. The van der Waals surface area contributed by atoms with Crippen LogP contribution in [0.1, 0.15) is 35.4 Å². The second-order valence-electron chi connectivity index (χ2n) is 15.5. The molecule has 11 heteroatoms. The number of para-hydroxylation sites is 2. The Balaban J connectivity index is 1.09. The normalized spacial score (nSPS) is 25.1. The fourth-order valence-electron chi connectivity index (χ4n) is 10.1. The fourth-order valence-corrected chi connectivity index (χ4v) is 10.1. The van der Waals surface area contributed by atoms with E-state index in [1.807, 2.05) is 79.7 Å². The van der Waals surface area contributed by atoms with Crippen LogP contribution in [-0.4, -0.2) is 45.8 Å². The second-order valence-corrected chi connectivity index (χ2v) is 15.5. The number of phenols is 1. The van der Waals surface area contributed by atoms with E-state index in [4.69, 9.17) is 9.15 Å². The summed E-state index contributed by atoms with van der Waals surface area (Å²) in [6.07, 6.45) is 2.31. The number of hydrogen-bond donors (Lipinski definition) is 2. The molecule has 2 aliphatic carbocycles. The molecular formula is C47H38N4O7. The first-order valence-electron chi connectivity index (χ1n) is 19.4.